The van der Waals surface area contributed by atoms with Crippen LogP contribution in [0.4, 0.5) is 5.69 Å². The van der Waals surface area contributed by atoms with Crippen LogP contribution < -0.4 is 10.1 Å². The van der Waals surface area contributed by atoms with Crippen molar-refractivity contribution in [3.05, 3.63) is 46.8 Å². The van der Waals surface area contributed by atoms with Gasteiger partial charge in [-0.2, -0.15) is 0 Å². The highest BCUT2D eigenvalue weighted by molar-refractivity contribution is 9.10. The van der Waals surface area contributed by atoms with E-state index < -0.39 is 11.5 Å². The van der Waals surface area contributed by atoms with Crippen molar-refractivity contribution < 1.29 is 19.1 Å². The summed E-state index contributed by atoms with van der Waals surface area (Å²) < 4.78 is 11.0. The van der Waals surface area contributed by atoms with Gasteiger partial charge >= 0.3 is 5.97 Å². The fourth-order valence-electron chi connectivity index (χ4n) is 1.79. The number of aliphatic carboxylic acids is 1. The second-order valence-corrected chi connectivity index (χ2v) is 5.17. The van der Waals surface area contributed by atoms with E-state index in [4.69, 9.17) is 9.15 Å². The molecule has 0 radical (unpaired) electrons. The summed E-state index contributed by atoms with van der Waals surface area (Å²) in [7, 11) is 1.55. The zero-order valence-corrected chi connectivity index (χ0v) is 12.6. The number of furan rings is 1. The molecule has 0 aliphatic rings. The van der Waals surface area contributed by atoms with E-state index in [2.05, 4.69) is 21.2 Å². The summed E-state index contributed by atoms with van der Waals surface area (Å²) in [6, 6.07) is 10.3. The van der Waals surface area contributed by atoms with Crippen LogP contribution in [0, 0.1) is 0 Å². The number of nitrogens with one attached hydrogen (secondary N) is 1. The molecule has 0 fully saturated rings. The normalized spacial score (nSPS) is 13.6. The van der Waals surface area contributed by atoms with E-state index in [9.17, 15) is 9.90 Å². The van der Waals surface area contributed by atoms with Gasteiger partial charge in [-0.3, -0.25) is 0 Å². The molecule has 0 aliphatic heterocycles. The van der Waals surface area contributed by atoms with Crippen molar-refractivity contribution in [2.75, 3.05) is 12.4 Å². The van der Waals surface area contributed by atoms with Gasteiger partial charge < -0.3 is 19.6 Å². The van der Waals surface area contributed by atoms with E-state index >= 15 is 0 Å². The average Bonchev–Trinajstić information content (AvgIpc) is 2.86. The zero-order valence-electron chi connectivity index (χ0n) is 11.0. The van der Waals surface area contributed by atoms with Crippen LogP contribution in [0.15, 0.2) is 45.5 Å². The summed E-state index contributed by atoms with van der Waals surface area (Å²) >= 11 is 3.17. The summed E-state index contributed by atoms with van der Waals surface area (Å²) in [4.78, 5) is 11.6. The van der Waals surface area contributed by atoms with Gasteiger partial charge in [-0.05, 0) is 47.1 Å². The van der Waals surface area contributed by atoms with E-state index in [1.807, 2.05) is 0 Å². The van der Waals surface area contributed by atoms with Gasteiger partial charge in [-0.15, -0.1) is 0 Å². The Morgan fingerprint density at radius 3 is 2.70 bits per heavy atom. The molecule has 2 aromatic rings. The summed E-state index contributed by atoms with van der Waals surface area (Å²) in [5, 5.41) is 12.5. The maximum absolute atomic E-state index is 11.6. The molecule has 0 aliphatic carbocycles. The molecule has 0 saturated carbocycles. The summed E-state index contributed by atoms with van der Waals surface area (Å²) in [6.07, 6.45) is 0. The molecule has 1 atom stereocenters. The highest BCUT2D eigenvalue weighted by Gasteiger charge is 2.38. The number of hydrogen-bond acceptors (Lipinski definition) is 4. The number of benzene rings is 1. The lowest BCUT2D eigenvalue weighted by Crippen LogP contribution is -2.40. The molecule has 2 N–H and O–H groups in total. The number of rotatable bonds is 5. The molecule has 5 nitrogen and oxygen atoms in total. The topological polar surface area (TPSA) is 71.7 Å². The molecule has 106 valence electrons. The maximum atomic E-state index is 11.6. The molecular formula is C14H14BrNO4. The lowest BCUT2D eigenvalue weighted by molar-refractivity contribution is -0.142. The lowest BCUT2D eigenvalue weighted by atomic mass is 9.98. The Labute approximate surface area is 124 Å². The second kappa shape index (κ2) is 5.58. The molecule has 0 saturated heterocycles. The molecule has 2 rings (SSSR count). The summed E-state index contributed by atoms with van der Waals surface area (Å²) in [6.45, 7) is 1.54. The minimum atomic E-state index is -1.38. The first-order chi connectivity index (χ1) is 9.45. The van der Waals surface area contributed by atoms with Gasteiger partial charge in [0.05, 0.1) is 7.11 Å². The molecule has 0 bridgehead atoms. The van der Waals surface area contributed by atoms with Gasteiger partial charge in [-0.1, -0.05) is 6.07 Å². The van der Waals surface area contributed by atoms with Crippen LogP contribution in [-0.2, 0) is 10.3 Å². The van der Waals surface area contributed by atoms with Crippen LogP contribution in [0.3, 0.4) is 0 Å². The predicted molar refractivity (Wildman–Crippen MR) is 78.0 cm³/mol. The Bertz CT molecular complexity index is 625. The lowest BCUT2D eigenvalue weighted by Gasteiger charge is -2.25. The molecule has 1 unspecified atom stereocenters. The molecule has 1 aromatic heterocycles. The molecule has 0 amide bonds. The SMILES string of the molecule is COc1cccc(NC(C)(C(=O)O)c2ccc(Br)o2)c1. The first-order valence-electron chi connectivity index (χ1n) is 5.87. The highest BCUT2D eigenvalue weighted by atomic mass is 79.9. The molecule has 1 aromatic carbocycles. The Hall–Kier alpha value is -1.95. The Morgan fingerprint density at radius 1 is 1.40 bits per heavy atom. The molecule has 20 heavy (non-hydrogen) atoms. The first kappa shape index (κ1) is 14.5. The van der Waals surface area contributed by atoms with Gasteiger partial charge in [0.25, 0.3) is 0 Å². The van der Waals surface area contributed by atoms with Crippen molar-refractivity contribution in [1.29, 1.82) is 0 Å². The van der Waals surface area contributed by atoms with E-state index in [1.165, 1.54) is 0 Å². The summed E-state index contributed by atoms with van der Waals surface area (Å²) in [5.74, 6) is -0.0924. The number of halogens is 1. The van der Waals surface area contributed by atoms with Crippen LogP contribution in [0.1, 0.15) is 12.7 Å². The van der Waals surface area contributed by atoms with Crippen molar-refractivity contribution in [2.45, 2.75) is 12.5 Å². The average molecular weight is 340 g/mol. The Kier molecular flexibility index (Phi) is 4.04. The van der Waals surface area contributed by atoms with Crippen molar-refractivity contribution >= 4 is 27.6 Å². The second-order valence-electron chi connectivity index (χ2n) is 4.39. The van der Waals surface area contributed by atoms with E-state index in [-0.39, 0.29) is 0 Å². The molecule has 1 heterocycles. The van der Waals surface area contributed by atoms with Gasteiger partial charge in [0, 0.05) is 11.8 Å². The zero-order chi connectivity index (χ0) is 14.8. The standard InChI is InChI=1S/C14H14BrNO4/c1-14(13(17)18,11-6-7-12(15)20-11)16-9-4-3-5-10(8-9)19-2/h3-8,16H,1-2H3,(H,17,18). The Morgan fingerprint density at radius 2 is 2.15 bits per heavy atom. The van der Waals surface area contributed by atoms with E-state index in [1.54, 1.807) is 50.4 Å². The number of carboxylic acids is 1. The minimum absolute atomic E-state index is 0.305. The largest absolute Gasteiger partial charge is 0.497 e. The number of methoxy groups -OCH3 is 1. The fraction of sp³-hybridized carbons (Fsp3) is 0.214. The number of anilines is 1. The Balaban J connectivity index is 2.36. The van der Waals surface area contributed by atoms with Gasteiger partial charge in [0.15, 0.2) is 10.2 Å². The molecule has 6 heteroatoms. The van der Waals surface area contributed by atoms with Crippen molar-refractivity contribution in [3.63, 3.8) is 0 Å². The third-order valence-electron chi connectivity index (χ3n) is 2.96. The van der Waals surface area contributed by atoms with Gasteiger partial charge in [0.1, 0.15) is 11.5 Å². The van der Waals surface area contributed by atoms with E-state index in [0.717, 1.165) is 0 Å². The fourth-order valence-corrected chi connectivity index (χ4v) is 2.10. The van der Waals surface area contributed by atoms with Crippen LogP contribution in [0.2, 0.25) is 0 Å². The number of ether oxygens (including phenoxy) is 1. The van der Waals surface area contributed by atoms with E-state index in [0.29, 0.717) is 21.9 Å². The molecule has 0 spiro atoms. The number of hydrogen-bond donors (Lipinski definition) is 2. The number of carbonyl (C=O) groups is 1. The maximum Gasteiger partial charge on any atom is 0.337 e. The van der Waals surface area contributed by atoms with Crippen LogP contribution in [0.5, 0.6) is 5.75 Å². The smallest absolute Gasteiger partial charge is 0.337 e. The summed E-state index contributed by atoms with van der Waals surface area (Å²) in [5.41, 5.74) is -0.750. The molecular weight excluding hydrogens is 326 g/mol. The first-order valence-corrected chi connectivity index (χ1v) is 6.66. The highest BCUT2D eigenvalue weighted by Crippen LogP contribution is 2.30. The van der Waals surface area contributed by atoms with Gasteiger partial charge in [0.2, 0.25) is 0 Å². The minimum Gasteiger partial charge on any atom is -0.497 e. The van der Waals surface area contributed by atoms with Crippen LogP contribution >= 0.6 is 15.9 Å². The van der Waals surface area contributed by atoms with Crippen molar-refractivity contribution in [2.24, 2.45) is 0 Å². The van der Waals surface area contributed by atoms with Crippen LogP contribution in [0.25, 0.3) is 0 Å². The number of carboxylic acid groups (broad SMARTS) is 1. The monoisotopic (exact) mass is 339 g/mol. The van der Waals surface area contributed by atoms with Crippen molar-refractivity contribution in [1.82, 2.24) is 0 Å². The quantitative estimate of drug-likeness (QED) is 0.872. The van der Waals surface area contributed by atoms with Crippen molar-refractivity contribution in [3.8, 4) is 5.75 Å². The third-order valence-corrected chi connectivity index (χ3v) is 3.38. The predicted octanol–water partition coefficient (Wildman–Crippen LogP) is 3.46. The van der Waals surface area contributed by atoms with Gasteiger partial charge in [-0.25, -0.2) is 4.79 Å². The van der Waals surface area contributed by atoms with Crippen LogP contribution in [-0.4, -0.2) is 18.2 Å². The third kappa shape index (κ3) is 2.80.